The zero-order chi connectivity index (χ0) is 18.3. The van der Waals surface area contributed by atoms with Gasteiger partial charge in [-0.15, -0.1) is 0 Å². The van der Waals surface area contributed by atoms with Crippen LogP contribution in [0.4, 0.5) is 0 Å². The van der Waals surface area contributed by atoms with Crippen LogP contribution in [0.3, 0.4) is 0 Å². The van der Waals surface area contributed by atoms with Gasteiger partial charge in [-0.1, -0.05) is 31.4 Å². The molecule has 0 unspecified atom stereocenters. The molecule has 0 radical (unpaired) electrons. The van der Waals surface area contributed by atoms with Crippen LogP contribution >= 0.6 is 0 Å². The van der Waals surface area contributed by atoms with Gasteiger partial charge in [0.15, 0.2) is 11.5 Å². The van der Waals surface area contributed by atoms with Gasteiger partial charge in [-0.3, -0.25) is 4.79 Å². The number of para-hydroxylation sites is 1. The fourth-order valence-corrected chi connectivity index (χ4v) is 3.22. The van der Waals surface area contributed by atoms with E-state index in [1.54, 1.807) is 26.4 Å². The van der Waals surface area contributed by atoms with Gasteiger partial charge in [-0.05, 0) is 25.0 Å². The molecule has 1 N–H and O–H groups in total. The van der Waals surface area contributed by atoms with E-state index < -0.39 is 5.54 Å². The lowest BCUT2D eigenvalue weighted by atomic mass is 9.81. The molecule has 0 aromatic heterocycles. The molecule has 1 aromatic carbocycles. The van der Waals surface area contributed by atoms with E-state index in [2.05, 4.69) is 5.32 Å². The summed E-state index contributed by atoms with van der Waals surface area (Å²) in [5, 5.41) is 2.85. The lowest BCUT2D eigenvalue weighted by Gasteiger charge is -2.34. The first kappa shape index (κ1) is 18.8. The van der Waals surface area contributed by atoms with E-state index in [0.29, 0.717) is 29.9 Å². The van der Waals surface area contributed by atoms with Crippen LogP contribution in [0.1, 0.15) is 37.7 Å². The normalized spacial score (nSPS) is 16.3. The van der Waals surface area contributed by atoms with Crippen LogP contribution in [-0.4, -0.2) is 38.7 Å². The van der Waals surface area contributed by atoms with Crippen molar-refractivity contribution in [2.24, 2.45) is 0 Å². The molecular formula is C19H25NO5. The van der Waals surface area contributed by atoms with Crippen LogP contribution in [0.2, 0.25) is 0 Å². The number of hydrogen-bond donors (Lipinski definition) is 1. The van der Waals surface area contributed by atoms with Crippen LogP contribution in [0.5, 0.6) is 11.5 Å². The molecule has 0 spiro atoms. The SMILES string of the molecule is COC(=O)C1(NC(=O)/C=C/c2cccc(OC)c2OC)CCCCC1. The minimum Gasteiger partial charge on any atom is -0.493 e. The van der Waals surface area contributed by atoms with Crippen molar-refractivity contribution in [3.8, 4) is 11.5 Å². The number of esters is 1. The van der Waals surface area contributed by atoms with Gasteiger partial charge in [0, 0.05) is 11.6 Å². The number of benzene rings is 1. The van der Waals surface area contributed by atoms with Crippen LogP contribution in [0, 0.1) is 0 Å². The Morgan fingerprint density at radius 1 is 1.08 bits per heavy atom. The number of carbonyl (C=O) groups excluding carboxylic acids is 2. The predicted molar refractivity (Wildman–Crippen MR) is 94.6 cm³/mol. The summed E-state index contributed by atoms with van der Waals surface area (Å²) in [5.41, 5.74) is -0.208. The van der Waals surface area contributed by atoms with Gasteiger partial charge in [-0.25, -0.2) is 4.79 Å². The van der Waals surface area contributed by atoms with Crippen molar-refractivity contribution in [3.63, 3.8) is 0 Å². The van der Waals surface area contributed by atoms with Crippen LogP contribution in [0.25, 0.3) is 6.08 Å². The van der Waals surface area contributed by atoms with Gasteiger partial charge in [0.1, 0.15) is 5.54 Å². The van der Waals surface area contributed by atoms with Crippen molar-refractivity contribution in [2.45, 2.75) is 37.6 Å². The van der Waals surface area contributed by atoms with Crippen molar-refractivity contribution in [1.82, 2.24) is 5.32 Å². The third-order valence-corrected chi connectivity index (χ3v) is 4.49. The Morgan fingerprint density at radius 3 is 2.40 bits per heavy atom. The van der Waals surface area contributed by atoms with E-state index in [1.807, 2.05) is 12.1 Å². The molecule has 2 rings (SSSR count). The minimum atomic E-state index is -0.924. The summed E-state index contributed by atoms with van der Waals surface area (Å²) in [4.78, 5) is 24.6. The Morgan fingerprint density at radius 2 is 1.80 bits per heavy atom. The third-order valence-electron chi connectivity index (χ3n) is 4.49. The largest absolute Gasteiger partial charge is 0.493 e. The van der Waals surface area contributed by atoms with Crippen LogP contribution in [0.15, 0.2) is 24.3 Å². The molecule has 6 heteroatoms. The summed E-state index contributed by atoms with van der Waals surface area (Å²) in [6.07, 6.45) is 7.08. The van der Waals surface area contributed by atoms with Gasteiger partial charge in [-0.2, -0.15) is 0 Å². The maximum absolute atomic E-state index is 12.4. The Balaban J connectivity index is 2.16. The zero-order valence-corrected chi connectivity index (χ0v) is 15.0. The molecule has 25 heavy (non-hydrogen) atoms. The summed E-state index contributed by atoms with van der Waals surface area (Å²) >= 11 is 0. The highest BCUT2D eigenvalue weighted by molar-refractivity contribution is 5.96. The molecule has 1 amide bonds. The fraction of sp³-hybridized carbons (Fsp3) is 0.474. The number of ether oxygens (including phenoxy) is 3. The van der Waals surface area contributed by atoms with Crippen molar-refractivity contribution in [2.75, 3.05) is 21.3 Å². The van der Waals surface area contributed by atoms with Crippen molar-refractivity contribution in [3.05, 3.63) is 29.8 Å². The molecule has 0 atom stereocenters. The van der Waals surface area contributed by atoms with E-state index in [9.17, 15) is 9.59 Å². The average Bonchev–Trinajstić information content (AvgIpc) is 2.65. The molecule has 136 valence electrons. The molecule has 0 saturated heterocycles. The summed E-state index contributed by atoms with van der Waals surface area (Å²) < 4.78 is 15.5. The molecule has 0 heterocycles. The highest BCUT2D eigenvalue weighted by atomic mass is 16.5. The number of methoxy groups -OCH3 is 3. The maximum Gasteiger partial charge on any atom is 0.331 e. The third kappa shape index (κ3) is 4.32. The second-order valence-electron chi connectivity index (χ2n) is 6.04. The quantitative estimate of drug-likeness (QED) is 0.633. The predicted octanol–water partition coefficient (Wildman–Crippen LogP) is 2.71. The second kappa shape index (κ2) is 8.55. The Labute approximate surface area is 148 Å². The van der Waals surface area contributed by atoms with Crippen LogP contribution < -0.4 is 14.8 Å². The van der Waals surface area contributed by atoms with E-state index in [4.69, 9.17) is 14.2 Å². The van der Waals surface area contributed by atoms with Gasteiger partial charge >= 0.3 is 5.97 Å². The van der Waals surface area contributed by atoms with Gasteiger partial charge < -0.3 is 19.5 Å². The highest BCUT2D eigenvalue weighted by Crippen LogP contribution is 2.32. The summed E-state index contributed by atoms with van der Waals surface area (Å²) in [6.45, 7) is 0. The Kier molecular flexibility index (Phi) is 6.44. The van der Waals surface area contributed by atoms with Crippen molar-refractivity contribution < 1.29 is 23.8 Å². The van der Waals surface area contributed by atoms with E-state index in [0.717, 1.165) is 19.3 Å². The molecule has 1 saturated carbocycles. The topological polar surface area (TPSA) is 73.9 Å². The Hall–Kier alpha value is -2.50. The van der Waals surface area contributed by atoms with E-state index in [1.165, 1.54) is 13.2 Å². The van der Waals surface area contributed by atoms with Gasteiger partial charge in [0.05, 0.1) is 21.3 Å². The van der Waals surface area contributed by atoms with Crippen LogP contribution in [-0.2, 0) is 14.3 Å². The number of carbonyl (C=O) groups is 2. The lowest BCUT2D eigenvalue weighted by Crippen LogP contribution is -2.55. The molecule has 1 fully saturated rings. The molecule has 1 aliphatic carbocycles. The zero-order valence-electron chi connectivity index (χ0n) is 15.0. The molecule has 0 aliphatic heterocycles. The summed E-state index contributed by atoms with van der Waals surface area (Å²) in [5.74, 6) is 0.419. The molecule has 0 bridgehead atoms. The van der Waals surface area contributed by atoms with E-state index in [-0.39, 0.29) is 11.9 Å². The first-order valence-electron chi connectivity index (χ1n) is 8.36. The number of amides is 1. The fourth-order valence-electron chi connectivity index (χ4n) is 3.22. The summed E-state index contributed by atoms with van der Waals surface area (Å²) in [6, 6.07) is 5.42. The number of nitrogens with one attached hydrogen (secondary N) is 1. The average molecular weight is 347 g/mol. The van der Waals surface area contributed by atoms with Gasteiger partial charge in [0.2, 0.25) is 5.91 Å². The Bertz CT molecular complexity index is 647. The van der Waals surface area contributed by atoms with E-state index >= 15 is 0 Å². The molecular weight excluding hydrogens is 322 g/mol. The monoisotopic (exact) mass is 347 g/mol. The minimum absolute atomic E-state index is 0.336. The highest BCUT2D eigenvalue weighted by Gasteiger charge is 2.41. The smallest absolute Gasteiger partial charge is 0.331 e. The lowest BCUT2D eigenvalue weighted by molar-refractivity contribution is -0.152. The molecule has 6 nitrogen and oxygen atoms in total. The van der Waals surface area contributed by atoms with Crippen molar-refractivity contribution in [1.29, 1.82) is 0 Å². The standard InChI is InChI=1S/C19H25NO5/c1-23-15-9-7-8-14(17(15)24-2)10-11-16(21)20-19(18(22)25-3)12-5-4-6-13-19/h7-11H,4-6,12-13H2,1-3H3,(H,20,21)/b11-10+. The first-order chi connectivity index (χ1) is 12.1. The number of rotatable bonds is 6. The van der Waals surface area contributed by atoms with Gasteiger partial charge in [0.25, 0.3) is 0 Å². The number of hydrogen-bond acceptors (Lipinski definition) is 5. The molecule has 1 aromatic rings. The maximum atomic E-state index is 12.4. The molecule has 1 aliphatic rings. The first-order valence-corrected chi connectivity index (χ1v) is 8.36. The van der Waals surface area contributed by atoms with Crippen molar-refractivity contribution >= 4 is 18.0 Å². The summed E-state index contributed by atoms with van der Waals surface area (Å²) in [7, 11) is 4.45. The second-order valence-corrected chi connectivity index (χ2v) is 6.04.